The van der Waals surface area contributed by atoms with Gasteiger partial charge < -0.3 is 10.1 Å². The van der Waals surface area contributed by atoms with Crippen LogP contribution in [0, 0.1) is 0 Å². The van der Waals surface area contributed by atoms with Crippen LogP contribution in [0.3, 0.4) is 0 Å². The molecule has 0 radical (unpaired) electrons. The molecule has 1 rings (SSSR count). The van der Waals surface area contributed by atoms with E-state index in [1.54, 1.807) is 0 Å². The highest BCUT2D eigenvalue weighted by molar-refractivity contribution is 5.24. The van der Waals surface area contributed by atoms with E-state index in [1.807, 2.05) is 6.92 Å². The molecule has 2 nitrogen and oxygen atoms in total. The molecule has 1 aromatic carbocycles. The fraction of sp³-hybridized carbons (Fsp3) is 0.625. The highest BCUT2D eigenvalue weighted by Crippen LogP contribution is 2.15. The van der Waals surface area contributed by atoms with Crippen molar-refractivity contribution in [2.24, 2.45) is 0 Å². The Morgan fingerprint density at radius 2 is 1.78 bits per heavy atom. The van der Waals surface area contributed by atoms with Gasteiger partial charge in [0.15, 0.2) is 0 Å². The number of nitrogens with one attached hydrogen (secondary N) is 1. The highest BCUT2D eigenvalue weighted by atomic mass is 16.5. The molecule has 0 bridgehead atoms. The Bertz CT molecular complexity index is 343. The van der Waals surface area contributed by atoms with Crippen molar-refractivity contribution < 1.29 is 4.74 Å². The Hall–Kier alpha value is -0.860. The first-order chi connectivity index (χ1) is 8.48. The predicted octanol–water partition coefficient (Wildman–Crippen LogP) is 3.71. The van der Waals surface area contributed by atoms with E-state index in [-0.39, 0.29) is 5.60 Å². The summed E-state index contributed by atoms with van der Waals surface area (Å²) in [5, 5.41) is 3.54. The van der Waals surface area contributed by atoms with Gasteiger partial charge in [0, 0.05) is 19.2 Å². The van der Waals surface area contributed by atoms with Crippen molar-refractivity contribution in [2.75, 3.05) is 13.2 Å². The average Bonchev–Trinajstić information content (AvgIpc) is 2.36. The second-order valence-corrected chi connectivity index (χ2v) is 5.39. The van der Waals surface area contributed by atoms with Crippen molar-refractivity contribution in [2.45, 2.75) is 52.7 Å². The lowest BCUT2D eigenvalue weighted by Gasteiger charge is -2.27. The Morgan fingerprint density at radius 1 is 1.17 bits per heavy atom. The van der Waals surface area contributed by atoms with Crippen molar-refractivity contribution in [1.82, 2.24) is 5.32 Å². The number of hydrogen-bond acceptors (Lipinski definition) is 2. The maximum atomic E-state index is 5.69. The fourth-order valence-corrected chi connectivity index (χ4v) is 2.00. The van der Waals surface area contributed by atoms with Crippen molar-refractivity contribution >= 4 is 0 Å². The van der Waals surface area contributed by atoms with Crippen LogP contribution in [-0.4, -0.2) is 18.8 Å². The van der Waals surface area contributed by atoms with E-state index in [0.717, 1.165) is 19.6 Å². The molecule has 0 aliphatic rings. The first-order valence-electron chi connectivity index (χ1n) is 6.94. The van der Waals surface area contributed by atoms with Crippen LogP contribution in [0.5, 0.6) is 0 Å². The predicted molar refractivity (Wildman–Crippen MR) is 77.9 cm³/mol. The topological polar surface area (TPSA) is 21.3 Å². The second-order valence-electron chi connectivity index (χ2n) is 5.39. The zero-order chi connectivity index (χ0) is 13.6. The average molecular weight is 249 g/mol. The molecule has 0 amide bonds. The molecule has 0 heterocycles. The quantitative estimate of drug-likeness (QED) is 0.795. The molecular formula is C16H27NO. The monoisotopic (exact) mass is 249 g/mol. The van der Waals surface area contributed by atoms with Gasteiger partial charge in [-0.25, -0.2) is 0 Å². The van der Waals surface area contributed by atoms with Crippen LogP contribution in [-0.2, 0) is 11.2 Å². The molecule has 0 aromatic heterocycles. The third-order valence-electron chi connectivity index (χ3n) is 3.26. The molecule has 1 unspecified atom stereocenters. The number of hydrogen-bond donors (Lipinski definition) is 1. The van der Waals surface area contributed by atoms with Crippen molar-refractivity contribution in [3.8, 4) is 0 Å². The van der Waals surface area contributed by atoms with Crippen LogP contribution in [0.1, 0.15) is 51.8 Å². The third kappa shape index (κ3) is 4.79. The molecular weight excluding hydrogens is 222 g/mol. The van der Waals surface area contributed by atoms with E-state index in [2.05, 4.69) is 57.3 Å². The molecule has 2 heteroatoms. The van der Waals surface area contributed by atoms with Crippen LogP contribution in [0.25, 0.3) is 0 Å². The van der Waals surface area contributed by atoms with Crippen LogP contribution in [0.15, 0.2) is 24.3 Å². The number of rotatable bonds is 7. The Labute approximate surface area is 112 Å². The van der Waals surface area contributed by atoms with E-state index in [4.69, 9.17) is 4.74 Å². The zero-order valence-electron chi connectivity index (χ0n) is 12.4. The molecule has 0 spiro atoms. The normalized spacial score (nSPS) is 13.6. The molecule has 102 valence electrons. The summed E-state index contributed by atoms with van der Waals surface area (Å²) in [5.74, 6) is 0. The highest BCUT2D eigenvalue weighted by Gasteiger charge is 2.18. The second kappa shape index (κ2) is 6.91. The molecule has 1 aromatic rings. The van der Waals surface area contributed by atoms with Crippen LogP contribution < -0.4 is 5.32 Å². The minimum Gasteiger partial charge on any atom is -0.375 e. The summed E-state index contributed by atoms with van der Waals surface area (Å²) in [7, 11) is 0. The minimum atomic E-state index is -0.105. The molecule has 0 aliphatic carbocycles. The van der Waals surface area contributed by atoms with Gasteiger partial charge in [-0.1, -0.05) is 31.2 Å². The van der Waals surface area contributed by atoms with Crippen LogP contribution >= 0.6 is 0 Å². The van der Waals surface area contributed by atoms with Gasteiger partial charge in [-0.05, 0) is 45.2 Å². The van der Waals surface area contributed by atoms with Crippen molar-refractivity contribution in [1.29, 1.82) is 0 Å². The molecule has 0 saturated heterocycles. The minimum absolute atomic E-state index is 0.105. The van der Waals surface area contributed by atoms with Crippen molar-refractivity contribution in [3.63, 3.8) is 0 Å². The van der Waals surface area contributed by atoms with Crippen molar-refractivity contribution in [3.05, 3.63) is 35.4 Å². The maximum Gasteiger partial charge on any atom is 0.0750 e. The van der Waals surface area contributed by atoms with E-state index < -0.39 is 0 Å². The summed E-state index contributed by atoms with van der Waals surface area (Å²) in [4.78, 5) is 0. The molecule has 0 saturated carbocycles. The number of ether oxygens (including phenoxy) is 1. The summed E-state index contributed by atoms with van der Waals surface area (Å²) >= 11 is 0. The molecule has 18 heavy (non-hydrogen) atoms. The van der Waals surface area contributed by atoms with E-state index in [1.165, 1.54) is 11.1 Å². The van der Waals surface area contributed by atoms with Crippen LogP contribution in [0.4, 0.5) is 0 Å². The Balaban J connectivity index is 2.51. The summed E-state index contributed by atoms with van der Waals surface area (Å²) in [6.45, 7) is 12.3. The molecule has 0 fully saturated rings. The van der Waals surface area contributed by atoms with Crippen LogP contribution in [0.2, 0.25) is 0 Å². The standard InChI is InChI=1S/C16H27NO/c1-6-14-8-10-15(11-9-14)13(3)17-12-16(4,5)18-7-2/h8-11,13,17H,6-7,12H2,1-5H3. The molecule has 1 atom stereocenters. The Kier molecular flexibility index (Phi) is 5.83. The van der Waals surface area contributed by atoms with Gasteiger partial charge in [0.1, 0.15) is 0 Å². The van der Waals surface area contributed by atoms with Gasteiger partial charge in [0.2, 0.25) is 0 Å². The zero-order valence-corrected chi connectivity index (χ0v) is 12.4. The lowest BCUT2D eigenvalue weighted by molar-refractivity contribution is -0.0103. The lowest BCUT2D eigenvalue weighted by Crippen LogP contribution is -2.38. The maximum absolute atomic E-state index is 5.69. The molecule has 1 N–H and O–H groups in total. The first-order valence-corrected chi connectivity index (χ1v) is 6.94. The van der Waals surface area contributed by atoms with E-state index in [0.29, 0.717) is 6.04 Å². The van der Waals surface area contributed by atoms with Gasteiger partial charge in [0.05, 0.1) is 5.60 Å². The SMILES string of the molecule is CCOC(C)(C)CNC(C)c1ccc(CC)cc1. The smallest absolute Gasteiger partial charge is 0.0750 e. The largest absolute Gasteiger partial charge is 0.375 e. The lowest BCUT2D eigenvalue weighted by atomic mass is 10.0. The Morgan fingerprint density at radius 3 is 2.28 bits per heavy atom. The molecule has 0 aliphatic heterocycles. The summed E-state index contributed by atoms with van der Waals surface area (Å²) in [6.07, 6.45) is 1.10. The number of aryl methyl sites for hydroxylation is 1. The van der Waals surface area contributed by atoms with Gasteiger partial charge in [0.25, 0.3) is 0 Å². The van der Waals surface area contributed by atoms with E-state index >= 15 is 0 Å². The van der Waals surface area contributed by atoms with Gasteiger partial charge in [-0.3, -0.25) is 0 Å². The fourth-order valence-electron chi connectivity index (χ4n) is 2.00. The van der Waals surface area contributed by atoms with Gasteiger partial charge in [-0.15, -0.1) is 0 Å². The van der Waals surface area contributed by atoms with Gasteiger partial charge in [-0.2, -0.15) is 0 Å². The summed E-state index contributed by atoms with van der Waals surface area (Å²) < 4.78 is 5.69. The van der Waals surface area contributed by atoms with Gasteiger partial charge >= 0.3 is 0 Å². The summed E-state index contributed by atoms with van der Waals surface area (Å²) in [6, 6.07) is 9.20. The first kappa shape index (κ1) is 15.2. The third-order valence-corrected chi connectivity index (χ3v) is 3.26. The number of benzene rings is 1. The van der Waals surface area contributed by atoms with E-state index in [9.17, 15) is 0 Å². The summed E-state index contributed by atoms with van der Waals surface area (Å²) in [5.41, 5.74) is 2.62.